The van der Waals surface area contributed by atoms with Gasteiger partial charge in [0.15, 0.2) is 0 Å². The number of fused-ring (bicyclic) bond motifs is 3. The van der Waals surface area contributed by atoms with Crippen molar-refractivity contribution in [2.75, 3.05) is 6.61 Å². The van der Waals surface area contributed by atoms with E-state index >= 15 is 0 Å². The summed E-state index contributed by atoms with van der Waals surface area (Å²) in [5.74, 6) is -2.15. The average molecular weight is 439 g/mol. The molecule has 4 rings (SSSR count). The average Bonchev–Trinajstić information content (AvgIpc) is 3.04. The maximum atomic E-state index is 12.8. The Morgan fingerprint density at radius 3 is 2.09 bits per heavy atom. The summed E-state index contributed by atoms with van der Waals surface area (Å²) in [6, 6.07) is 15.5. The number of hydrogen-bond donors (Lipinski definition) is 3. The quantitative estimate of drug-likeness (QED) is 0.660. The van der Waals surface area contributed by atoms with Gasteiger partial charge in [0.1, 0.15) is 6.61 Å². The van der Waals surface area contributed by atoms with Gasteiger partial charge in [0.2, 0.25) is 0 Å². The second-order valence-electron chi connectivity index (χ2n) is 9.87. The van der Waals surface area contributed by atoms with Crippen molar-refractivity contribution >= 4 is 12.1 Å². The lowest BCUT2D eigenvalue weighted by Gasteiger charge is -2.54. The van der Waals surface area contributed by atoms with E-state index in [0.29, 0.717) is 0 Å². The van der Waals surface area contributed by atoms with Gasteiger partial charge in [-0.25, -0.2) is 4.79 Å². The van der Waals surface area contributed by atoms with E-state index in [1.807, 2.05) is 50.2 Å². The second-order valence-corrected chi connectivity index (χ2v) is 9.87. The number of benzene rings is 2. The van der Waals surface area contributed by atoms with Crippen LogP contribution in [0.4, 0.5) is 4.79 Å². The minimum absolute atomic E-state index is 0.0735. The van der Waals surface area contributed by atoms with Crippen molar-refractivity contribution < 1.29 is 24.6 Å². The third-order valence-corrected chi connectivity index (χ3v) is 6.92. The minimum Gasteiger partial charge on any atom is -0.481 e. The zero-order valence-corrected chi connectivity index (χ0v) is 18.8. The molecule has 2 aromatic rings. The number of nitrogens with zero attached hydrogens (tertiary/aromatic N) is 1. The Kier molecular flexibility index (Phi) is 5.51. The molecule has 32 heavy (non-hydrogen) atoms. The predicted octanol–water partition coefficient (Wildman–Crippen LogP) is 4.25. The largest absolute Gasteiger partial charge is 0.481 e. The number of hydroxylamine groups is 2. The van der Waals surface area contributed by atoms with Gasteiger partial charge in [0, 0.05) is 17.5 Å². The number of ether oxygens (including phenoxy) is 1. The van der Waals surface area contributed by atoms with Crippen LogP contribution in [0.3, 0.4) is 0 Å². The number of carboxylic acid groups (broad SMARTS) is 1. The van der Waals surface area contributed by atoms with Crippen molar-refractivity contribution in [1.29, 1.82) is 0 Å². The Bertz CT molecular complexity index is 1000. The fraction of sp³-hybridized carbons (Fsp3) is 0.440. The fourth-order valence-corrected chi connectivity index (χ4v) is 5.55. The smallest absolute Gasteiger partial charge is 0.407 e. The van der Waals surface area contributed by atoms with Crippen LogP contribution in [0.5, 0.6) is 0 Å². The lowest BCUT2D eigenvalue weighted by atomic mass is 9.71. The number of nitrogens with one attached hydrogen (secondary N) is 1. The first-order valence-corrected chi connectivity index (χ1v) is 10.9. The maximum absolute atomic E-state index is 12.8. The van der Waals surface area contributed by atoms with Gasteiger partial charge in [-0.05, 0) is 56.4 Å². The standard InChI is InChI=1S/C25H30N2O5/c1-24(2)13-20(21(22(28)29)25(3,4)27(24)31)26-23(30)32-14-19-17-11-7-5-9-15(17)16-10-6-8-12-18(16)19/h5-12,19-21,31H,13-14H2,1-4H3,(H,26,30)(H,28,29)/t20-,21-/m0/s1. The maximum Gasteiger partial charge on any atom is 0.407 e. The Hall–Kier alpha value is -2.90. The van der Waals surface area contributed by atoms with Crippen molar-refractivity contribution in [3.63, 3.8) is 0 Å². The summed E-state index contributed by atoms with van der Waals surface area (Å²) in [5, 5.41) is 24.3. The van der Waals surface area contributed by atoms with E-state index in [1.165, 1.54) is 0 Å². The number of amides is 1. The summed E-state index contributed by atoms with van der Waals surface area (Å²) in [6.45, 7) is 7.12. The van der Waals surface area contributed by atoms with E-state index in [4.69, 9.17) is 4.74 Å². The molecule has 1 aliphatic heterocycles. The molecule has 1 fully saturated rings. The normalized spacial score (nSPS) is 23.8. The Morgan fingerprint density at radius 1 is 1.03 bits per heavy atom. The van der Waals surface area contributed by atoms with Gasteiger partial charge in [-0.15, -0.1) is 0 Å². The first kappa shape index (κ1) is 22.3. The molecule has 0 bridgehead atoms. The fourth-order valence-electron chi connectivity index (χ4n) is 5.55. The molecular weight excluding hydrogens is 408 g/mol. The van der Waals surface area contributed by atoms with E-state index in [2.05, 4.69) is 17.4 Å². The number of piperidine rings is 1. The van der Waals surface area contributed by atoms with Gasteiger partial charge in [-0.2, -0.15) is 5.06 Å². The highest BCUT2D eigenvalue weighted by Crippen LogP contribution is 2.45. The summed E-state index contributed by atoms with van der Waals surface area (Å²) in [6.07, 6.45) is -0.380. The number of alkyl carbamates (subject to hydrolysis) is 1. The molecular formula is C25H30N2O5. The molecule has 2 aromatic carbocycles. The van der Waals surface area contributed by atoms with Gasteiger partial charge in [-0.1, -0.05) is 48.5 Å². The van der Waals surface area contributed by atoms with Crippen LogP contribution in [0.15, 0.2) is 48.5 Å². The monoisotopic (exact) mass is 438 g/mol. The molecule has 2 atom stereocenters. The highest BCUT2D eigenvalue weighted by Gasteiger charge is 2.55. The minimum atomic E-state index is -1.08. The van der Waals surface area contributed by atoms with Gasteiger partial charge >= 0.3 is 12.1 Å². The summed E-state index contributed by atoms with van der Waals surface area (Å²) < 4.78 is 5.61. The summed E-state index contributed by atoms with van der Waals surface area (Å²) in [5.41, 5.74) is 2.72. The van der Waals surface area contributed by atoms with Crippen LogP contribution in [-0.2, 0) is 9.53 Å². The molecule has 1 amide bonds. The topological polar surface area (TPSA) is 99.1 Å². The number of carbonyl (C=O) groups excluding carboxylic acids is 1. The van der Waals surface area contributed by atoms with Crippen molar-refractivity contribution in [2.45, 2.75) is 57.2 Å². The van der Waals surface area contributed by atoms with Gasteiger partial charge in [0.05, 0.1) is 11.5 Å². The summed E-state index contributed by atoms with van der Waals surface area (Å²) >= 11 is 0. The molecule has 7 nitrogen and oxygen atoms in total. The second kappa shape index (κ2) is 7.90. The van der Waals surface area contributed by atoms with Crippen LogP contribution < -0.4 is 5.32 Å². The summed E-state index contributed by atoms with van der Waals surface area (Å²) in [7, 11) is 0. The molecule has 170 valence electrons. The molecule has 0 spiro atoms. The number of carbonyl (C=O) groups is 2. The number of carboxylic acids is 1. The molecule has 0 unspecified atom stereocenters. The Labute approximate surface area is 188 Å². The zero-order valence-electron chi connectivity index (χ0n) is 18.8. The SMILES string of the molecule is CC1(C)C[C@H](NC(=O)OCC2c3ccccc3-c3ccccc32)[C@@H](C(=O)O)C(C)(C)N1O. The van der Waals surface area contributed by atoms with E-state index in [9.17, 15) is 19.9 Å². The molecule has 7 heteroatoms. The van der Waals surface area contributed by atoms with Crippen molar-refractivity contribution in [2.24, 2.45) is 5.92 Å². The predicted molar refractivity (Wildman–Crippen MR) is 120 cm³/mol. The van der Waals surface area contributed by atoms with E-state index in [-0.39, 0.29) is 18.9 Å². The van der Waals surface area contributed by atoms with Crippen LogP contribution in [-0.4, -0.2) is 51.2 Å². The van der Waals surface area contributed by atoms with Gasteiger partial charge in [0.25, 0.3) is 0 Å². The number of rotatable bonds is 4. The van der Waals surface area contributed by atoms with Crippen LogP contribution in [0.2, 0.25) is 0 Å². The molecule has 0 aromatic heterocycles. The zero-order chi connectivity index (χ0) is 23.3. The van der Waals surface area contributed by atoms with Gasteiger partial charge < -0.3 is 20.4 Å². The lowest BCUT2D eigenvalue weighted by Crippen LogP contribution is -2.69. The van der Waals surface area contributed by atoms with Crippen molar-refractivity contribution in [3.05, 3.63) is 59.7 Å². The molecule has 1 aliphatic carbocycles. The first-order valence-electron chi connectivity index (χ1n) is 10.9. The first-order chi connectivity index (χ1) is 15.0. The van der Waals surface area contributed by atoms with Gasteiger partial charge in [-0.3, -0.25) is 4.79 Å². The Balaban J connectivity index is 1.50. The Morgan fingerprint density at radius 2 is 1.56 bits per heavy atom. The molecule has 1 saturated heterocycles. The summed E-state index contributed by atoms with van der Waals surface area (Å²) in [4.78, 5) is 24.8. The molecule has 1 heterocycles. The van der Waals surface area contributed by atoms with E-state index < -0.39 is 35.1 Å². The molecule has 0 radical (unpaired) electrons. The van der Waals surface area contributed by atoms with E-state index in [1.54, 1.807) is 13.8 Å². The molecule has 0 saturated carbocycles. The lowest BCUT2D eigenvalue weighted by molar-refractivity contribution is -0.263. The van der Waals surface area contributed by atoms with E-state index in [0.717, 1.165) is 27.3 Å². The van der Waals surface area contributed by atoms with Crippen LogP contribution in [0.25, 0.3) is 11.1 Å². The highest BCUT2D eigenvalue weighted by atomic mass is 16.5. The number of hydrogen-bond acceptors (Lipinski definition) is 5. The molecule has 3 N–H and O–H groups in total. The van der Waals surface area contributed by atoms with Crippen LogP contribution >= 0.6 is 0 Å². The third kappa shape index (κ3) is 3.65. The van der Waals surface area contributed by atoms with Crippen molar-refractivity contribution in [3.8, 4) is 11.1 Å². The highest BCUT2D eigenvalue weighted by molar-refractivity contribution is 5.79. The number of aliphatic carboxylic acids is 1. The van der Waals surface area contributed by atoms with Crippen LogP contribution in [0, 0.1) is 5.92 Å². The molecule has 2 aliphatic rings. The van der Waals surface area contributed by atoms with Crippen LogP contribution in [0.1, 0.15) is 51.2 Å². The van der Waals surface area contributed by atoms with Crippen molar-refractivity contribution in [1.82, 2.24) is 10.4 Å². The third-order valence-electron chi connectivity index (χ3n) is 6.92.